The van der Waals surface area contributed by atoms with Crippen LogP contribution in [0.3, 0.4) is 0 Å². The molecule has 0 saturated heterocycles. The van der Waals surface area contributed by atoms with E-state index < -0.39 is 16.0 Å². The van der Waals surface area contributed by atoms with Gasteiger partial charge in [0, 0.05) is 5.56 Å². The molecule has 0 aliphatic heterocycles. The number of carboxylic acids is 1. The van der Waals surface area contributed by atoms with Crippen molar-refractivity contribution in [1.82, 2.24) is 4.98 Å². The van der Waals surface area contributed by atoms with Crippen LogP contribution in [0.4, 0.5) is 5.69 Å². The van der Waals surface area contributed by atoms with Gasteiger partial charge in [-0.1, -0.05) is 31.6 Å². The van der Waals surface area contributed by atoms with E-state index in [0.717, 1.165) is 30.6 Å². The van der Waals surface area contributed by atoms with Crippen LogP contribution in [0.25, 0.3) is 17.0 Å². The van der Waals surface area contributed by atoms with Crippen LogP contribution in [0.15, 0.2) is 64.2 Å². The van der Waals surface area contributed by atoms with Crippen molar-refractivity contribution in [3.63, 3.8) is 0 Å². The van der Waals surface area contributed by atoms with E-state index in [9.17, 15) is 13.2 Å². The van der Waals surface area contributed by atoms with Crippen LogP contribution in [0.1, 0.15) is 48.5 Å². The number of hydrogen-bond acceptors (Lipinski definition) is 6. The Morgan fingerprint density at radius 3 is 2.56 bits per heavy atom. The number of nitrogens with one attached hydrogen (secondary N) is 1. The summed E-state index contributed by atoms with van der Waals surface area (Å²) in [5, 5.41) is 8.81. The summed E-state index contributed by atoms with van der Waals surface area (Å²) in [7, 11) is -2.77. The lowest BCUT2D eigenvalue weighted by Crippen LogP contribution is -2.14. The summed E-state index contributed by atoms with van der Waals surface area (Å²) in [6.07, 6.45) is 7.94. The Balaban J connectivity index is 1.52. The van der Waals surface area contributed by atoms with Crippen LogP contribution in [0.5, 0.6) is 5.75 Å². The number of nitrogens with zero attached hydrogens (tertiary/aromatic N) is 1. The number of methoxy groups -OCH3 is 1. The third kappa shape index (κ3) is 4.99. The van der Waals surface area contributed by atoms with Crippen molar-refractivity contribution >= 4 is 27.3 Å². The molecule has 1 aliphatic carbocycles. The van der Waals surface area contributed by atoms with Crippen molar-refractivity contribution in [1.29, 1.82) is 0 Å². The number of aromatic nitrogens is 1. The maximum Gasteiger partial charge on any atom is 0.335 e. The van der Waals surface area contributed by atoms with E-state index in [1.54, 1.807) is 0 Å². The molecule has 0 amide bonds. The molecule has 0 saturated carbocycles. The van der Waals surface area contributed by atoms with Crippen LogP contribution in [0.2, 0.25) is 0 Å². The molecule has 0 fully saturated rings. The molecule has 34 heavy (non-hydrogen) atoms. The molecule has 3 aromatic rings. The van der Waals surface area contributed by atoms with Gasteiger partial charge in [0.1, 0.15) is 12.0 Å². The number of allylic oxidation sites excluding steroid dienone is 2. The second-order valence-electron chi connectivity index (χ2n) is 8.17. The Kier molecular flexibility index (Phi) is 6.74. The first-order chi connectivity index (χ1) is 16.3. The molecule has 0 spiro atoms. The van der Waals surface area contributed by atoms with Gasteiger partial charge in [-0.2, -0.15) is 13.4 Å². The number of hydrogen-bond donors (Lipinski definition) is 2. The number of oxazole rings is 1. The Morgan fingerprint density at radius 1 is 1.21 bits per heavy atom. The fourth-order valence-corrected chi connectivity index (χ4v) is 4.91. The number of benzene rings is 2. The van der Waals surface area contributed by atoms with E-state index in [-0.39, 0.29) is 27.9 Å². The smallest absolute Gasteiger partial charge is 0.335 e. The molecule has 2 N–H and O–H groups in total. The van der Waals surface area contributed by atoms with Gasteiger partial charge in [-0.25, -0.2) is 4.79 Å². The van der Waals surface area contributed by atoms with E-state index in [0.29, 0.717) is 5.56 Å². The van der Waals surface area contributed by atoms with Crippen LogP contribution >= 0.6 is 0 Å². The van der Waals surface area contributed by atoms with Gasteiger partial charge in [0.15, 0.2) is 0 Å². The van der Waals surface area contributed by atoms with Gasteiger partial charge in [-0.15, -0.1) is 0 Å². The number of rotatable bonds is 8. The fourth-order valence-electron chi connectivity index (χ4n) is 3.97. The molecule has 1 aliphatic rings. The van der Waals surface area contributed by atoms with E-state index in [4.69, 9.17) is 14.3 Å². The standard InChI is InChI=1S/C25H26N2O6S/c1-3-16-4-6-17(7-5-16)18-8-10-19(11-9-18)24-26-23(15-33-24)34(30,31)27-21-13-12-20(25(28)29)14-22(21)32-2/h6,8-16,27H,3-5,7H2,1-2H3,(H,28,29). The molecule has 1 aromatic heterocycles. The molecule has 8 nitrogen and oxygen atoms in total. The number of anilines is 1. The molecule has 2 aromatic carbocycles. The van der Waals surface area contributed by atoms with E-state index in [1.165, 1.54) is 43.7 Å². The van der Waals surface area contributed by atoms with Gasteiger partial charge in [0.05, 0.1) is 18.4 Å². The molecule has 1 heterocycles. The lowest BCUT2D eigenvalue weighted by atomic mass is 9.85. The van der Waals surface area contributed by atoms with Gasteiger partial charge in [0.25, 0.3) is 10.0 Å². The van der Waals surface area contributed by atoms with Crippen molar-refractivity contribution < 1.29 is 27.5 Å². The Labute approximate surface area is 198 Å². The van der Waals surface area contributed by atoms with Crippen LogP contribution in [-0.2, 0) is 10.0 Å². The second kappa shape index (κ2) is 9.72. The minimum atomic E-state index is -4.09. The summed E-state index contributed by atoms with van der Waals surface area (Å²) in [6.45, 7) is 2.23. The zero-order valence-corrected chi connectivity index (χ0v) is 19.8. The van der Waals surface area contributed by atoms with Crippen molar-refractivity contribution in [3.8, 4) is 17.2 Å². The van der Waals surface area contributed by atoms with Crippen molar-refractivity contribution in [2.45, 2.75) is 37.6 Å². The maximum absolute atomic E-state index is 12.8. The van der Waals surface area contributed by atoms with Crippen LogP contribution in [0, 0.1) is 5.92 Å². The average Bonchev–Trinajstić information content (AvgIpc) is 3.36. The minimum absolute atomic E-state index is 0.0267. The normalized spacial score (nSPS) is 16.1. The maximum atomic E-state index is 12.8. The van der Waals surface area contributed by atoms with Gasteiger partial charge in [-0.05, 0) is 66.6 Å². The summed E-state index contributed by atoms with van der Waals surface area (Å²) in [6, 6.07) is 11.6. The highest BCUT2D eigenvalue weighted by Crippen LogP contribution is 2.33. The Morgan fingerprint density at radius 2 is 1.94 bits per heavy atom. The molecule has 4 rings (SSSR count). The molecule has 1 unspecified atom stereocenters. The van der Waals surface area contributed by atoms with Gasteiger partial charge >= 0.3 is 5.97 Å². The molecule has 178 valence electrons. The quantitative estimate of drug-likeness (QED) is 0.439. The molecular formula is C25H26N2O6S. The fraction of sp³-hybridized carbons (Fsp3) is 0.280. The van der Waals surface area contributed by atoms with Crippen LogP contribution in [-0.4, -0.2) is 31.6 Å². The van der Waals surface area contributed by atoms with Crippen molar-refractivity contribution in [3.05, 3.63) is 65.9 Å². The average molecular weight is 483 g/mol. The highest BCUT2D eigenvalue weighted by atomic mass is 32.2. The highest BCUT2D eigenvalue weighted by molar-refractivity contribution is 7.92. The predicted molar refractivity (Wildman–Crippen MR) is 128 cm³/mol. The first-order valence-electron chi connectivity index (χ1n) is 11.0. The third-order valence-corrected chi connectivity index (χ3v) is 7.28. The monoisotopic (exact) mass is 482 g/mol. The number of aromatic carboxylic acids is 1. The molecular weight excluding hydrogens is 456 g/mol. The number of carbonyl (C=O) groups is 1. The number of carboxylic acid groups (broad SMARTS) is 1. The number of sulfonamides is 1. The van der Waals surface area contributed by atoms with E-state index in [2.05, 4.69) is 22.7 Å². The van der Waals surface area contributed by atoms with Crippen molar-refractivity contribution in [2.24, 2.45) is 5.92 Å². The summed E-state index contributed by atoms with van der Waals surface area (Å²) in [5.41, 5.74) is 3.21. The largest absolute Gasteiger partial charge is 0.495 e. The van der Waals surface area contributed by atoms with E-state index >= 15 is 0 Å². The first-order valence-corrected chi connectivity index (χ1v) is 12.5. The summed E-state index contributed by atoms with van der Waals surface area (Å²) >= 11 is 0. The third-order valence-electron chi connectivity index (χ3n) is 6.05. The summed E-state index contributed by atoms with van der Waals surface area (Å²) in [4.78, 5) is 15.3. The second-order valence-corrected chi connectivity index (χ2v) is 9.80. The number of ether oxygens (including phenoxy) is 1. The molecule has 9 heteroatoms. The topological polar surface area (TPSA) is 119 Å². The minimum Gasteiger partial charge on any atom is -0.495 e. The molecule has 1 atom stereocenters. The lowest BCUT2D eigenvalue weighted by molar-refractivity contribution is 0.0696. The highest BCUT2D eigenvalue weighted by Gasteiger charge is 2.23. The van der Waals surface area contributed by atoms with Crippen LogP contribution < -0.4 is 9.46 Å². The van der Waals surface area contributed by atoms with Gasteiger partial charge < -0.3 is 14.3 Å². The zero-order chi connectivity index (χ0) is 24.3. The summed E-state index contributed by atoms with van der Waals surface area (Å²) < 4.78 is 38.6. The Hall–Kier alpha value is -3.59. The molecule has 0 radical (unpaired) electrons. The first kappa shape index (κ1) is 23.6. The lowest BCUT2D eigenvalue weighted by Gasteiger charge is -2.20. The zero-order valence-electron chi connectivity index (χ0n) is 18.9. The van der Waals surface area contributed by atoms with Gasteiger partial charge in [-0.3, -0.25) is 4.72 Å². The van der Waals surface area contributed by atoms with E-state index in [1.807, 2.05) is 24.3 Å². The summed E-state index contributed by atoms with van der Waals surface area (Å²) in [5.74, 6) is -0.127. The van der Waals surface area contributed by atoms with Crippen molar-refractivity contribution in [2.75, 3.05) is 11.8 Å². The Bertz CT molecular complexity index is 1330. The predicted octanol–water partition coefficient (Wildman–Crippen LogP) is 5.44. The molecule has 0 bridgehead atoms. The van der Waals surface area contributed by atoms with Gasteiger partial charge in [0.2, 0.25) is 10.9 Å². The SMILES string of the molecule is CCC1CC=C(c2ccc(-c3nc(S(=O)(=O)Nc4ccc(C(=O)O)cc4OC)co3)cc2)CC1.